The lowest BCUT2D eigenvalue weighted by Crippen LogP contribution is -2.48. The molecule has 3 aromatic heterocycles. The quantitative estimate of drug-likeness (QED) is 0.406. The van der Waals surface area contributed by atoms with E-state index in [0.29, 0.717) is 78.1 Å². The smallest absolute Gasteiger partial charge is 0.319 e. The van der Waals surface area contributed by atoms with Gasteiger partial charge >= 0.3 is 6.01 Å². The highest BCUT2D eigenvalue weighted by Gasteiger charge is 2.43. The number of aryl methyl sites for hydroxylation is 1. The number of ether oxygens (including phenoxy) is 1. The molecule has 44 heavy (non-hydrogen) atoms. The van der Waals surface area contributed by atoms with Crippen molar-refractivity contribution in [1.29, 1.82) is 5.26 Å². The van der Waals surface area contributed by atoms with E-state index in [1.807, 2.05) is 13.0 Å². The second-order valence-electron chi connectivity index (χ2n) is 12.5. The molecule has 3 saturated heterocycles. The average molecular weight is 616 g/mol. The van der Waals surface area contributed by atoms with Crippen LogP contribution in [0.5, 0.6) is 6.01 Å². The Hall–Kier alpha value is -4.02. The maximum atomic E-state index is 12.2. The van der Waals surface area contributed by atoms with E-state index in [-0.39, 0.29) is 12.0 Å². The van der Waals surface area contributed by atoms with Gasteiger partial charge in [-0.1, -0.05) is 11.7 Å². The third-order valence-electron chi connectivity index (χ3n) is 9.99. The van der Waals surface area contributed by atoms with Gasteiger partial charge in [0.2, 0.25) is 17.6 Å². The number of anilines is 2. The van der Waals surface area contributed by atoms with Crippen LogP contribution in [0, 0.1) is 11.3 Å². The molecule has 1 aliphatic carbocycles. The van der Waals surface area contributed by atoms with Gasteiger partial charge in [0.15, 0.2) is 0 Å². The molecule has 0 aromatic carbocycles. The van der Waals surface area contributed by atoms with Gasteiger partial charge in [-0.05, 0) is 52.2 Å². The first kappa shape index (κ1) is 28.7. The van der Waals surface area contributed by atoms with Crippen LogP contribution >= 0.6 is 11.3 Å². The molecule has 230 valence electrons. The van der Waals surface area contributed by atoms with Gasteiger partial charge in [-0.3, -0.25) is 4.79 Å². The van der Waals surface area contributed by atoms with Crippen molar-refractivity contribution in [2.75, 3.05) is 43.9 Å². The largest absolute Gasteiger partial charge is 0.460 e. The zero-order chi connectivity index (χ0) is 30.6. The van der Waals surface area contributed by atoms with Crippen LogP contribution in [0.3, 0.4) is 0 Å². The molecule has 6 heterocycles. The molecule has 0 radical (unpaired) electrons. The molecule has 3 aromatic rings. The van der Waals surface area contributed by atoms with Gasteiger partial charge in [0.25, 0.3) is 0 Å². The molecule has 0 saturated carbocycles. The highest BCUT2D eigenvalue weighted by Crippen LogP contribution is 2.48. The number of piperazine rings is 1. The minimum Gasteiger partial charge on any atom is -0.460 e. The Morgan fingerprint density at radius 2 is 1.98 bits per heavy atom. The summed E-state index contributed by atoms with van der Waals surface area (Å²) in [5, 5.41) is 14.8. The molecule has 12 nitrogen and oxygen atoms in total. The van der Waals surface area contributed by atoms with E-state index >= 15 is 0 Å². The Morgan fingerprint density at radius 3 is 2.68 bits per heavy atom. The number of rotatable bonds is 6. The summed E-state index contributed by atoms with van der Waals surface area (Å²) in [6.07, 6.45) is 8.22. The number of nitrogens with zero attached hydrogens (tertiary/aromatic N) is 8. The highest BCUT2D eigenvalue weighted by atomic mass is 32.1. The number of thiophene rings is 1. The molecule has 2 unspecified atom stereocenters. The zero-order valence-corrected chi connectivity index (χ0v) is 26.0. The summed E-state index contributed by atoms with van der Waals surface area (Å²) in [5.74, 6) is 1.40. The van der Waals surface area contributed by atoms with Crippen LogP contribution in [-0.2, 0) is 16.6 Å². The molecule has 2 bridgehead atoms. The van der Waals surface area contributed by atoms with Crippen molar-refractivity contribution in [1.82, 2.24) is 29.9 Å². The van der Waals surface area contributed by atoms with Crippen molar-refractivity contribution in [3.8, 4) is 23.6 Å². The molecule has 13 heteroatoms. The number of carbonyl (C=O) groups excluding carboxylic acids is 1. The lowest BCUT2D eigenvalue weighted by molar-refractivity contribution is -0.126. The monoisotopic (exact) mass is 615 g/mol. The lowest BCUT2D eigenvalue weighted by atomic mass is 9.72. The molecule has 4 aliphatic rings. The predicted octanol–water partition coefficient (Wildman–Crippen LogP) is 3.52. The number of nitriles is 1. The molecule has 3 aliphatic heterocycles. The summed E-state index contributed by atoms with van der Waals surface area (Å²) in [6, 6.07) is 5.50. The highest BCUT2D eigenvalue weighted by molar-refractivity contribution is 7.16. The van der Waals surface area contributed by atoms with Crippen molar-refractivity contribution in [3.05, 3.63) is 40.6 Å². The number of fused-ring (bicyclic) bond motifs is 3. The standard InChI is InChI=1S/C31H37N9O3S/c1-4-25(41)40-12-10-39(11-13-40)24-16-22(34-30(35-24)42-20-14-18-7-8-19(15-20)38(18)3)28-36-29(43-37-28)31(2)9-5-6-23-26(31)21(17-32)27(33)44-23/h4,16,18-20H,1,5-15,33H2,2-3H3/t18?,19?,20?,31-/m0/s1. The van der Waals surface area contributed by atoms with Gasteiger partial charge in [0.05, 0.1) is 11.0 Å². The van der Waals surface area contributed by atoms with Crippen LogP contribution in [0.25, 0.3) is 11.5 Å². The normalized spacial score (nSPS) is 26.7. The van der Waals surface area contributed by atoms with Crippen LogP contribution < -0.4 is 15.4 Å². The third-order valence-corrected chi connectivity index (χ3v) is 11.1. The van der Waals surface area contributed by atoms with E-state index in [1.54, 1.807) is 4.90 Å². The van der Waals surface area contributed by atoms with Crippen LogP contribution in [0.2, 0.25) is 0 Å². The summed E-state index contributed by atoms with van der Waals surface area (Å²) >= 11 is 1.48. The minimum absolute atomic E-state index is 0.0303. The van der Waals surface area contributed by atoms with E-state index in [0.717, 1.165) is 42.5 Å². The van der Waals surface area contributed by atoms with E-state index in [1.165, 1.54) is 30.3 Å². The minimum atomic E-state index is -0.630. The topological polar surface area (TPSA) is 151 Å². The molecule has 0 spiro atoms. The first-order valence-corrected chi connectivity index (χ1v) is 16.2. The molecule has 7 rings (SSSR count). The Labute approximate surface area is 260 Å². The fourth-order valence-electron chi connectivity index (χ4n) is 7.50. The number of nitrogen functional groups attached to an aromatic ring is 1. The predicted molar refractivity (Wildman–Crippen MR) is 165 cm³/mol. The van der Waals surface area contributed by atoms with Gasteiger partial charge < -0.3 is 29.7 Å². The number of hydrogen-bond acceptors (Lipinski definition) is 12. The summed E-state index contributed by atoms with van der Waals surface area (Å²) in [4.78, 5) is 34.2. The second kappa shape index (κ2) is 11.2. The van der Waals surface area contributed by atoms with Crippen molar-refractivity contribution < 1.29 is 14.1 Å². The number of nitrogens with two attached hydrogens (primary N) is 1. The Kier molecular flexibility index (Phi) is 7.29. The maximum Gasteiger partial charge on any atom is 0.319 e. The SMILES string of the molecule is C=CC(=O)N1CCN(c2cc(-c3noc([C@@]4(C)CCCc5sc(N)c(C#N)c54)n3)nc(OC3CC4CCC(C3)N4C)n2)CC1. The number of amides is 1. The molecule has 2 N–H and O–H groups in total. The van der Waals surface area contributed by atoms with Gasteiger partial charge in [-0.15, -0.1) is 11.3 Å². The Bertz CT molecular complexity index is 1620. The molecule has 3 fully saturated rings. The fraction of sp³-hybridized carbons (Fsp3) is 0.548. The summed E-state index contributed by atoms with van der Waals surface area (Å²) < 4.78 is 12.4. The van der Waals surface area contributed by atoms with E-state index in [9.17, 15) is 10.1 Å². The first-order chi connectivity index (χ1) is 21.3. The van der Waals surface area contributed by atoms with Crippen molar-refractivity contribution >= 4 is 28.1 Å². The number of hydrogen-bond donors (Lipinski definition) is 1. The zero-order valence-electron chi connectivity index (χ0n) is 25.2. The van der Waals surface area contributed by atoms with E-state index < -0.39 is 5.41 Å². The fourth-order valence-corrected chi connectivity index (χ4v) is 8.69. The maximum absolute atomic E-state index is 12.2. The Balaban J connectivity index is 1.21. The van der Waals surface area contributed by atoms with E-state index in [4.69, 9.17) is 29.9 Å². The van der Waals surface area contributed by atoms with Crippen LogP contribution in [-0.4, -0.2) is 87.2 Å². The van der Waals surface area contributed by atoms with Gasteiger partial charge in [-0.2, -0.15) is 20.2 Å². The van der Waals surface area contributed by atoms with E-state index in [2.05, 4.69) is 34.7 Å². The average Bonchev–Trinajstić information content (AvgIpc) is 3.71. The number of aromatic nitrogens is 4. The molecule has 1 amide bonds. The molecular formula is C31H37N9O3S. The van der Waals surface area contributed by atoms with Gasteiger partial charge in [0.1, 0.15) is 28.7 Å². The van der Waals surface area contributed by atoms with Crippen molar-refractivity contribution in [2.45, 2.75) is 75.5 Å². The van der Waals surface area contributed by atoms with Gasteiger partial charge in [0, 0.05) is 67.6 Å². The number of carbonyl (C=O) groups is 1. The van der Waals surface area contributed by atoms with Crippen molar-refractivity contribution in [2.24, 2.45) is 0 Å². The van der Waals surface area contributed by atoms with Crippen molar-refractivity contribution in [3.63, 3.8) is 0 Å². The van der Waals surface area contributed by atoms with Crippen LogP contribution in [0.15, 0.2) is 23.2 Å². The third kappa shape index (κ3) is 4.90. The summed E-state index contributed by atoms with van der Waals surface area (Å²) in [5.41, 5.74) is 7.52. The number of piperidine rings is 1. The molecular weight excluding hydrogens is 578 g/mol. The van der Waals surface area contributed by atoms with Gasteiger partial charge in [-0.25, -0.2) is 0 Å². The van der Waals surface area contributed by atoms with Crippen LogP contribution in [0.1, 0.15) is 67.3 Å². The summed E-state index contributed by atoms with van der Waals surface area (Å²) in [7, 11) is 2.21. The lowest BCUT2D eigenvalue weighted by Gasteiger charge is -2.36. The van der Waals surface area contributed by atoms with Crippen LogP contribution in [0.4, 0.5) is 10.8 Å². The first-order valence-electron chi connectivity index (χ1n) is 15.4. The summed E-state index contributed by atoms with van der Waals surface area (Å²) in [6.45, 7) is 8.03. The second-order valence-corrected chi connectivity index (χ2v) is 13.7. The Morgan fingerprint density at radius 1 is 1.23 bits per heavy atom. The molecule has 3 atom stereocenters.